The summed E-state index contributed by atoms with van der Waals surface area (Å²) in [4.78, 5) is 0. The van der Waals surface area contributed by atoms with Gasteiger partial charge in [-0.15, -0.1) is 42.8 Å². The SMILES string of the molecule is [C-]1=CC=CC1.[CH2-]c1ccccc1.[CH2-]c1ccccc1.[CH2-]c1ccccc1.[CH3-].[Zr]. The average Bonchev–Trinajstić information content (AvgIpc) is 3.25. The summed E-state index contributed by atoms with van der Waals surface area (Å²) in [5, 5.41) is 0. The van der Waals surface area contributed by atoms with Crippen molar-refractivity contribution in [2.24, 2.45) is 0 Å². The van der Waals surface area contributed by atoms with E-state index in [4.69, 9.17) is 0 Å². The number of allylic oxidation sites excluding steroid dienone is 4. The summed E-state index contributed by atoms with van der Waals surface area (Å²) in [7, 11) is 0. The Hall–Kier alpha value is -2.37. The molecule has 28 heavy (non-hydrogen) atoms. The van der Waals surface area contributed by atoms with Gasteiger partial charge in [-0.05, 0) is 0 Å². The van der Waals surface area contributed by atoms with Gasteiger partial charge in [0, 0.05) is 26.2 Å². The smallest absolute Gasteiger partial charge is 0 e. The summed E-state index contributed by atoms with van der Waals surface area (Å²) in [6.07, 6.45) is 10.0. The van der Waals surface area contributed by atoms with Crippen molar-refractivity contribution in [1.82, 2.24) is 0 Å². The van der Waals surface area contributed by atoms with Crippen molar-refractivity contribution in [2.45, 2.75) is 6.42 Å². The molecular weight excluding hydrogens is 416 g/mol. The molecule has 1 aliphatic carbocycles. The molecule has 0 atom stereocenters. The molecule has 4 rings (SSSR count). The number of benzene rings is 3. The second-order valence-corrected chi connectivity index (χ2v) is 5.46. The van der Waals surface area contributed by atoms with E-state index in [0.29, 0.717) is 0 Å². The van der Waals surface area contributed by atoms with Crippen molar-refractivity contribution in [1.29, 1.82) is 0 Å². The Labute approximate surface area is 192 Å². The summed E-state index contributed by atoms with van der Waals surface area (Å²) >= 11 is 0. The van der Waals surface area contributed by atoms with E-state index >= 15 is 0 Å². The van der Waals surface area contributed by atoms with Crippen LogP contribution in [0.15, 0.2) is 109 Å². The van der Waals surface area contributed by atoms with Crippen molar-refractivity contribution in [2.75, 3.05) is 0 Å². The fraction of sp³-hybridized carbons (Fsp3) is 0.0370. The van der Waals surface area contributed by atoms with Crippen LogP contribution in [-0.2, 0) is 26.2 Å². The second kappa shape index (κ2) is 19.4. The maximum Gasteiger partial charge on any atom is 0 e. The molecule has 0 fully saturated rings. The van der Waals surface area contributed by atoms with Gasteiger partial charge in [-0.2, -0.15) is 79.9 Å². The van der Waals surface area contributed by atoms with Gasteiger partial charge < -0.3 is 7.43 Å². The molecule has 0 aromatic heterocycles. The topological polar surface area (TPSA) is 0 Å². The zero-order chi connectivity index (χ0) is 18.9. The van der Waals surface area contributed by atoms with Gasteiger partial charge in [-0.1, -0.05) is 18.2 Å². The Morgan fingerprint density at radius 1 is 0.571 bits per heavy atom. The van der Waals surface area contributed by atoms with Crippen molar-refractivity contribution in [3.05, 3.63) is 160 Å². The molecular formula is C27H29Zr-5. The van der Waals surface area contributed by atoms with Crippen LogP contribution in [0.4, 0.5) is 0 Å². The minimum atomic E-state index is 0. The maximum atomic E-state index is 3.72. The number of hydrogen-bond acceptors (Lipinski definition) is 0. The molecule has 0 radical (unpaired) electrons. The van der Waals surface area contributed by atoms with E-state index in [9.17, 15) is 0 Å². The largest absolute Gasteiger partial charge is 0.358 e. The van der Waals surface area contributed by atoms with Crippen LogP contribution < -0.4 is 0 Å². The molecule has 0 nitrogen and oxygen atoms in total. The van der Waals surface area contributed by atoms with Crippen LogP contribution in [0.3, 0.4) is 0 Å². The van der Waals surface area contributed by atoms with Crippen LogP contribution in [0.5, 0.6) is 0 Å². The minimum Gasteiger partial charge on any atom is -0.358 e. The average molecular weight is 445 g/mol. The predicted molar refractivity (Wildman–Crippen MR) is 121 cm³/mol. The Bertz CT molecular complexity index is 630. The Morgan fingerprint density at radius 3 is 1.00 bits per heavy atom. The van der Waals surface area contributed by atoms with Crippen LogP contribution >= 0.6 is 0 Å². The Morgan fingerprint density at radius 2 is 0.893 bits per heavy atom. The number of hydrogen-bond donors (Lipinski definition) is 0. The van der Waals surface area contributed by atoms with Gasteiger partial charge in [0.1, 0.15) is 0 Å². The fourth-order valence-electron chi connectivity index (χ4n) is 1.77. The van der Waals surface area contributed by atoms with E-state index < -0.39 is 0 Å². The van der Waals surface area contributed by atoms with Gasteiger partial charge in [0.2, 0.25) is 0 Å². The van der Waals surface area contributed by atoms with Crippen molar-refractivity contribution in [3.8, 4) is 0 Å². The third kappa shape index (κ3) is 17.1. The van der Waals surface area contributed by atoms with Crippen LogP contribution in [0.1, 0.15) is 23.1 Å². The van der Waals surface area contributed by atoms with E-state index in [1.54, 1.807) is 0 Å². The van der Waals surface area contributed by atoms with Crippen molar-refractivity contribution >= 4 is 0 Å². The molecule has 3 aromatic rings. The first-order valence-corrected chi connectivity index (χ1v) is 8.51. The van der Waals surface area contributed by atoms with Crippen LogP contribution in [0, 0.1) is 34.3 Å². The molecule has 0 bridgehead atoms. The molecule has 0 amide bonds. The van der Waals surface area contributed by atoms with Crippen molar-refractivity contribution in [3.63, 3.8) is 0 Å². The molecule has 1 heteroatoms. The molecule has 1 aliphatic rings. The Balaban J connectivity index is 0. The summed E-state index contributed by atoms with van der Waals surface area (Å²) in [6, 6.07) is 29.6. The molecule has 0 aliphatic heterocycles. The first-order chi connectivity index (χ1) is 12.7. The molecule has 0 spiro atoms. The van der Waals surface area contributed by atoms with Crippen LogP contribution in [0.2, 0.25) is 0 Å². The van der Waals surface area contributed by atoms with Gasteiger partial charge in [0.05, 0.1) is 0 Å². The van der Waals surface area contributed by atoms with E-state index in [1.807, 2.05) is 103 Å². The monoisotopic (exact) mass is 443 g/mol. The summed E-state index contributed by atoms with van der Waals surface area (Å²) in [5.41, 5.74) is 3.22. The van der Waals surface area contributed by atoms with E-state index in [0.717, 1.165) is 23.1 Å². The Kier molecular flexibility index (Phi) is 19.3. The van der Waals surface area contributed by atoms with Gasteiger partial charge in [0.25, 0.3) is 0 Å². The third-order valence-corrected chi connectivity index (χ3v) is 3.11. The van der Waals surface area contributed by atoms with Crippen LogP contribution in [-0.4, -0.2) is 0 Å². The van der Waals surface area contributed by atoms with Gasteiger partial charge in [-0.3, -0.25) is 6.08 Å². The van der Waals surface area contributed by atoms with E-state index in [1.165, 1.54) is 0 Å². The van der Waals surface area contributed by atoms with E-state index in [2.05, 4.69) is 32.9 Å². The molecule has 146 valence electrons. The number of rotatable bonds is 0. The van der Waals surface area contributed by atoms with Gasteiger partial charge in [-0.25, -0.2) is 12.2 Å². The predicted octanol–water partition coefficient (Wildman–Crippen LogP) is 7.36. The maximum absolute atomic E-state index is 3.72. The fourth-order valence-corrected chi connectivity index (χ4v) is 1.77. The summed E-state index contributed by atoms with van der Waals surface area (Å²) < 4.78 is 0. The molecule has 0 heterocycles. The third-order valence-electron chi connectivity index (χ3n) is 3.11. The quantitative estimate of drug-likeness (QED) is 0.318. The molecule has 0 saturated heterocycles. The van der Waals surface area contributed by atoms with Gasteiger partial charge >= 0.3 is 0 Å². The molecule has 3 aromatic carbocycles. The minimum absolute atomic E-state index is 0. The van der Waals surface area contributed by atoms with Crippen LogP contribution in [0.25, 0.3) is 0 Å². The molecule has 0 N–H and O–H groups in total. The van der Waals surface area contributed by atoms with Gasteiger partial charge in [0.15, 0.2) is 0 Å². The normalized spacial score (nSPS) is 9.57. The standard InChI is InChI=1S/3C7H7.C5H5.CH3.Zr/c3*1-7-5-3-2-4-6-7;1-2-4-5-3-1;;/h3*2-6H,1H2;1-3H,4H2;1H3;/q5*-1;. The molecule has 0 unspecified atom stereocenters. The first-order valence-electron chi connectivity index (χ1n) is 8.51. The summed E-state index contributed by atoms with van der Waals surface area (Å²) in [6.45, 7) is 11.2. The molecule has 0 saturated carbocycles. The van der Waals surface area contributed by atoms with Crippen molar-refractivity contribution < 1.29 is 26.2 Å². The summed E-state index contributed by atoms with van der Waals surface area (Å²) in [5.74, 6) is 0. The first kappa shape index (κ1) is 27.8. The second-order valence-electron chi connectivity index (χ2n) is 5.46. The zero-order valence-electron chi connectivity index (χ0n) is 16.7. The zero-order valence-corrected chi connectivity index (χ0v) is 19.2. The van der Waals surface area contributed by atoms with E-state index in [-0.39, 0.29) is 33.6 Å².